The van der Waals surface area contributed by atoms with Crippen LogP contribution in [0.4, 0.5) is 0 Å². The van der Waals surface area contributed by atoms with Crippen LogP contribution in [0, 0.1) is 5.41 Å². The van der Waals surface area contributed by atoms with Crippen molar-refractivity contribution in [2.45, 2.75) is 51.1 Å². The Hall–Kier alpha value is -1.42. The predicted molar refractivity (Wildman–Crippen MR) is 77.9 cm³/mol. The van der Waals surface area contributed by atoms with E-state index in [1.807, 2.05) is 12.1 Å². The highest BCUT2D eigenvalue weighted by Crippen LogP contribution is 2.42. The largest absolute Gasteiger partial charge is 0.335 e. The molecule has 0 aromatic carbocycles. The van der Waals surface area contributed by atoms with Gasteiger partial charge in [-0.05, 0) is 50.3 Å². The molecular weight excluding hydrogens is 250 g/mol. The molecule has 2 heterocycles. The van der Waals surface area contributed by atoms with Crippen LogP contribution in [0.15, 0.2) is 24.5 Å². The maximum Gasteiger partial charge on any atom is 0.230 e. The standard InChI is InChI=1S/C16H23N3O/c1-16(8-2-5-14(16)17)15(20)19-11-3-4-13(19)12-6-9-18-10-7-12/h6-7,9-10,13-14H,2-5,8,11,17H2,1H3. The number of pyridine rings is 1. The number of nitrogens with two attached hydrogens (primary N) is 1. The van der Waals surface area contributed by atoms with Crippen molar-refractivity contribution in [2.24, 2.45) is 11.1 Å². The first-order chi connectivity index (χ1) is 9.63. The molecule has 4 nitrogen and oxygen atoms in total. The molecule has 1 saturated carbocycles. The maximum atomic E-state index is 13.0. The first kappa shape index (κ1) is 13.6. The van der Waals surface area contributed by atoms with Crippen molar-refractivity contribution in [1.29, 1.82) is 0 Å². The molecule has 3 rings (SSSR count). The molecule has 2 fully saturated rings. The van der Waals surface area contributed by atoms with Crippen LogP contribution in [0.2, 0.25) is 0 Å². The molecule has 1 aromatic rings. The van der Waals surface area contributed by atoms with E-state index in [-0.39, 0.29) is 23.4 Å². The van der Waals surface area contributed by atoms with E-state index in [1.54, 1.807) is 12.4 Å². The summed E-state index contributed by atoms with van der Waals surface area (Å²) in [6.07, 6.45) is 8.68. The molecule has 0 spiro atoms. The number of likely N-dealkylation sites (tertiary alicyclic amines) is 1. The second kappa shape index (κ2) is 5.17. The Labute approximate surface area is 120 Å². The van der Waals surface area contributed by atoms with Crippen molar-refractivity contribution in [2.75, 3.05) is 6.54 Å². The molecular formula is C16H23N3O. The molecule has 1 aliphatic heterocycles. The highest BCUT2D eigenvalue weighted by Gasteiger charge is 2.47. The lowest BCUT2D eigenvalue weighted by Gasteiger charge is -2.35. The van der Waals surface area contributed by atoms with Gasteiger partial charge in [0, 0.05) is 25.0 Å². The Morgan fingerprint density at radius 1 is 1.35 bits per heavy atom. The number of carbonyl (C=O) groups excluding carboxylic acids is 1. The number of hydrogen-bond acceptors (Lipinski definition) is 3. The van der Waals surface area contributed by atoms with Gasteiger partial charge in [0.25, 0.3) is 0 Å². The predicted octanol–water partition coefficient (Wildman–Crippen LogP) is 2.26. The van der Waals surface area contributed by atoms with E-state index in [2.05, 4.69) is 16.8 Å². The Balaban J connectivity index is 1.84. The quantitative estimate of drug-likeness (QED) is 0.899. The summed E-state index contributed by atoms with van der Waals surface area (Å²) in [7, 11) is 0. The van der Waals surface area contributed by atoms with E-state index in [0.29, 0.717) is 0 Å². The van der Waals surface area contributed by atoms with Crippen molar-refractivity contribution in [3.63, 3.8) is 0 Å². The average Bonchev–Trinajstić information content (AvgIpc) is 3.08. The third kappa shape index (κ3) is 2.12. The molecule has 108 valence electrons. The summed E-state index contributed by atoms with van der Waals surface area (Å²) in [5.74, 6) is 0.252. The van der Waals surface area contributed by atoms with Crippen LogP contribution in [-0.4, -0.2) is 28.4 Å². The summed E-state index contributed by atoms with van der Waals surface area (Å²) in [6, 6.07) is 4.25. The summed E-state index contributed by atoms with van der Waals surface area (Å²) in [5.41, 5.74) is 7.04. The summed E-state index contributed by atoms with van der Waals surface area (Å²) >= 11 is 0. The van der Waals surface area contributed by atoms with Crippen molar-refractivity contribution < 1.29 is 4.79 Å². The van der Waals surface area contributed by atoms with Crippen LogP contribution in [0.5, 0.6) is 0 Å². The van der Waals surface area contributed by atoms with Gasteiger partial charge in [0.15, 0.2) is 0 Å². The molecule has 4 heteroatoms. The molecule has 1 amide bonds. The fraction of sp³-hybridized carbons (Fsp3) is 0.625. The molecule has 2 aliphatic rings. The molecule has 3 atom stereocenters. The second-order valence-corrected chi connectivity index (χ2v) is 6.35. The third-order valence-corrected chi connectivity index (χ3v) is 5.12. The van der Waals surface area contributed by atoms with E-state index in [4.69, 9.17) is 5.73 Å². The maximum absolute atomic E-state index is 13.0. The lowest BCUT2D eigenvalue weighted by Crippen LogP contribution is -2.49. The zero-order valence-corrected chi connectivity index (χ0v) is 12.1. The van der Waals surface area contributed by atoms with Gasteiger partial charge in [-0.2, -0.15) is 0 Å². The van der Waals surface area contributed by atoms with Gasteiger partial charge in [-0.15, -0.1) is 0 Å². The Bertz CT molecular complexity index is 490. The van der Waals surface area contributed by atoms with E-state index < -0.39 is 0 Å². The minimum Gasteiger partial charge on any atom is -0.335 e. The SMILES string of the molecule is CC1(C(=O)N2CCCC2c2ccncc2)CCCC1N. The zero-order valence-electron chi connectivity index (χ0n) is 12.1. The molecule has 1 aliphatic carbocycles. The van der Waals surface area contributed by atoms with Crippen LogP contribution >= 0.6 is 0 Å². The number of aromatic nitrogens is 1. The summed E-state index contributed by atoms with van der Waals surface area (Å²) < 4.78 is 0. The molecule has 0 bridgehead atoms. The van der Waals surface area contributed by atoms with Crippen LogP contribution in [0.25, 0.3) is 0 Å². The average molecular weight is 273 g/mol. The second-order valence-electron chi connectivity index (χ2n) is 6.35. The number of rotatable bonds is 2. The highest BCUT2D eigenvalue weighted by molar-refractivity contribution is 5.84. The lowest BCUT2D eigenvalue weighted by atomic mass is 9.83. The minimum atomic E-state index is -0.365. The first-order valence-electron chi connectivity index (χ1n) is 7.59. The lowest BCUT2D eigenvalue weighted by molar-refractivity contribution is -0.142. The Kier molecular flexibility index (Phi) is 3.50. The van der Waals surface area contributed by atoms with Gasteiger partial charge < -0.3 is 10.6 Å². The van der Waals surface area contributed by atoms with Crippen molar-refractivity contribution in [3.8, 4) is 0 Å². The first-order valence-corrected chi connectivity index (χ1v) is 7.59. The Morgan fingerprint density at radius 3 is 2.75 bits per heavy atom. The van der Waals surface area contributed by atoms with Gasteiger partial charge in [0.05, 0.1) is 11.5 Å². The number of hydrogen-bond donors (Lipinski definition) is 1. The molecule has 20 heavy (non-hydrogen) atoms. The highest BCUT2D eigenvalue weighted by atomic mass is 16.2. The van der Waals surface area contributed by atoms with Crippen LogP contribution in [0.1, 0.15) is 50.6 Å². The molecule has 3 unspecified atom stereocenters. The zero-order chi connectivity index (χ0) is 14.2. The fourth-order valence-electron chi connectivity index (χ4n) is 3.73. The molecule has 2 N–H and O–H groups in total. The fourth-order valence-corrected chi connectivity index (χ4v) is 3.73. The van der Waals surface area contributed by atoms with Crippen molar-refractivity contribution in [1.82, 2.24) is 9.88 Å². The molecule has 1 saturated heterocycles. The monoisotopic (exact) mass is 273 g/mol. The van der Waals surface area contributed by atoms with Crippen molar-refractivity contribution in [3.05, 3.63) is 30.1 Å². The minimum absolute atomic E-state index is 0.00805. The van der Waals surface area contributed by atoms with Gasteiger partial charge in [-0.3, -0.25) is 9.78 Å². The third-order valence-electron chi connectivity index (χ3n) is 5.12. The van der Waals surface area contributed by atoms with Gasteiger partial charge in [0.2, 0.25) is 5.91 Å². The van der Waals surface area contributed by atoms with E-state index in [0.717, 1.165) is 38.6 Å². The molecule has 1 aromatic heterocycles. The summed E-state index contributed by atoms with van der Waals surface area (Å²) in [6.45, 7) is 2.91. The molecule has 0 radical (unpaired) electrons. The van der Waals surface area contributed by atoms with Gasteiger partial charge >= 0.3 is 0 Å². The van der Waals surface area contributed by atoms with E-state index >= 15 is 0 Å². The number of carbonyl (C=O) groups is 1. The van der Waals surface area contributed by atoms with Gasteiger partial charge in [-0.25, -0.2) is 0 Å². The Morgan fingerprint density at radius 2 is 2.10 bits per heavy atom. The van der Waals surface area contributed by atoms with Crippen LogP contribution < -0.4 is 5.73 Å². The van der Waals surface area contributed by atoms with Crippen molar-refractivity contribution >= 4 is 5.91 Å². The summed E-state index contributed by atoms with van der Waals surface area (Å²) in [5, 5.41) is 0. The van der Waals surface area contributed by atoms with Crippen LogP contribution in [-0.2, 0) is 4.79 Å². The van der Waals surface area contributed by atoms with E-state index in [9.17, 15) is 4.79 Å². The van der Waals surface area contributed by atoms with E-state index in [1.165, 1.54) is 5.56 Å². The number of nitrogens with zero attached hydrogens (tertiary/aromatic N) is 2. The summed E-state index contributed by atoms with van der Waals surface area (Å²) in [4.78, 5) is 19.1. The van der Waals surface area contributed by atoms with Crippen LogP contribution in [0.3, 0.4) is 0 Å². The number of amides is 1. The van der Waals surface area contributed by atoms with Gasteiger partial charge in [-0.1, -0.05) is 6.42 Å². The topological polar surface area (TPSA) is 59.2 Å². The smallest absolute Gasteiger partial charge is 0.230 e. The normalized spacial score (nSPS) is 33.6. The van der Waals surface area contributed by atoms with Gasteiger partial charge in [0.1, 0.15) is 0 Å².